The fourth-order valence-electron chi connectivity index (χ4n) is 1.76. The molecule has 1 rings (SSSR count). The number of likely N-dealkylation sites (N-methyl/N-ethyl adjacent to an activating group) is 1. The van der Waals surface area contributed by atoms with Crippen molar-refractivity contribution >= 4 is 5.91 Å². The summed E-state index contributed by atoms with van der Waals surface area (Å²) in [4.78, 5) is 13.4. The monoisotopic (exact) mass is 196 g/mol. The van der Waals surface area contributed by atoms with Crippen molar-refractivity contribution in [2.75, 3.05) is 20.1 Å². The summed E-state index contributed by atoms with van der Waals surface area (Å²) in [5.74, 6) is -0.0196. The van der Waals surface area contributed by atoms with E-state index in [1.165, 1.54) is 32.4 Å². The highest BCUT2D eigenvalue weighted by Gasteiger charge is 2.13. The third-order valence-corrected chi connectivity index (χ3v) is 2.74. The van der Waals surface area contributed by atoms with Crippen LogP contribution in [0, 0.1) is 0 Å². The van der Waals surface area contributed by atoms with E-state index in [1.807, 2.05) is 6.08 Å². The predicted molar refractivity (Wildman–Crippen MR) is 58.1 cm³/mol. The van der Waals surface area contributed by atoms with E-state index in [4.69, 9.17) is 0 Å². The molecule has 14 heavy (non-hydrogen) atoms. The zero-order valence-electron chi connectivity index (χ0n) is 9.12. The molecular formula is C11H20N2O. The van der Waals surface area contributed by atoms with Gasteiger partial charge in [-0.15, -0.1) is 0 Å². The molecule has 0 aliphatic carbocycles. The normalized spacial score (nSPS) is 21.0. The van der Waals surface area contributed by atoms with Crippen LogP contribution in [0.3, 0.4) is 0 Å². The molecule has 3 nitrogen and oxygen atoms in total. The van der Waals surface area contributed by atoms with Crippen molar-refractivity contribution in [2.45, 2.75) is 32.2 Å². The van der Waals surface area contributed by atoms with Crippen molar-refractivity contribution < 1.29 is 4.79 Å². The van der Waals surface area contributed by atoms with E-state index in [0.717, 1.165) is 0 Å². The Bertz CT molecular complexity index is 207. The highest BCUT2D eigenvalue weighted by atomic mass is 16.1. The number of piperidine rings is 1. The van der Waals surface area contributed by atoms with Gasteiger partial charge in [0.05, 0.1) is 0 Å². The Morgan fingerprint density at radius 3 is 2.57 bits per heavy atom. The Kier molecular flexibility index (Phi) is 4.66. The van der Waals surface area contributed by atoms with Crippen molar-refractivity contribution in [3.05, 3.63) is 12.2 Å². The van der Waals surface area contributed by atoms with Gasteiger partial charge in [0.2, 0.25) is 5.91 Å². The standard InChI is InChI=1S/C11H20N2O/c1-10(6-7-11(14)12-2)13-8-4-3-5-9-13/h6-7,10H,3-5,8-9H2,1-2H3,(H,12,14). The van der Waals surface area contributed by atoms with Crippen molar-refractivity contribution in [3.8, 4) is 0 Å². The molecule has 0 aromatic heterocycles. The smallest absolute Gasteiger partial charge is 0.243 e. The number of nitrogens with zero attached hydrogens (tertiary/aromatic N) is 1. The van der Waals surface area contributed by atoms with Gasteiger partial charge in [0.1, 0.15) is 0 Å². The molecule has 1 amide bonds. The first-order chi connectivity index (χ1) is 6.74. The molecule has 0 spiro atoms. The van der Waals surface area contributed by atoms with Crippen molar-refractivity contribution in [1.29, 1.82) is 0 Å². The van der Waals surface area contributed by atoms with E-state index in [-0.39, 0.29) is 5.91 Å². The van der Waals surface area contributed by atoms with Crippen LogP contribution in [0.4, 0.5) is 0 Å². The number of amides is 1. The number of carbonyl (C=O) groups is 1. The van der Waals surface area contributed by atoms with Crippen LogP contribution in [-0.2, 0) is 4.79 Å². The average molecular weight is 196 g/mol. The zero-order chi connectivity index (χ0) is 10.4. The third-order valence-electron chi connectivity index (χ3n) is 2.74. The summed E-state index contributed by atoms with van der Waals surface area (Å²) in [6, 6.07) is 0.382. The predicted octanol–water partition coefficient (Wildman–Crippen LogP) is 1.16. The topological polar surface area (TPSA) is 32.3 Å². The van der Waals surface area contributed by atoms with E-state index in [1.54, 1.807) is 13.1 Å². The summed E-state index contributed by atoms with van der Waals surface area (Å²) in [5, 5.41) is 2.58. The van der Waals surface area contributed by atoms with E-state index in [0.29, 0.717) is 6.04 Å². The van der Waals surface area contributed by atoms with Gasteiger partial charge >= 0.3 is 0 Å². The summed E-state index contributed by atoms with van der Waals surface area (Å²) in [7, 11) is 1.65. The Morgan fingerprint density at radius 2 is 2.00 bits per heavy atom. The van der Waals surface area contributed by atoms with E-state index in [2.05, 4.69) is 17.1 Å². The zero-order valence-corrected chi connectivity index (χ0v) is 9.12. The van der Waals surface area contributed by atoms with Crippen LogP contribution >= 0.6 is 0 Å². The fourth-order valence-corrected chi connectivity index (χ4v) is 1.76. The second kappa shape index (κ2) is 5.81. The Labute approximate surface area is 86.2 Å². The highest BCUT2D eigenvalue weighted by molar-refractivity contribution is 5.87. The molecule has 0 bridgehead atoms. The molecule has 80 valence electrons. The lowest BCUT2D eigenvalue weighted by Gasteiger charge is -2.30. The number of hydrogen-bond acceptors (Lipinski definition) is 2. The molecule has 1 saturated heterocycles. The van der Waals surface area contributed by atoms with Gasteiger partial charge in [0, 0.05) is 19.2 Å². The summed E-state index contributed by atoms with van der Waals surface area (Å²) >= 11 is 0. The molecule has 0 aromatic rings. The number of rotatable bonds is 3. The van der Waals surface area contributed by atoms with Gasteiger partial charge in [0.25, 0.3) is 0 Å². The lowest BCUT2D eigenvalue weighted by atomic mass is 10.1. The Hall–Kier alpha value is -0.830. The number of carbonyl (C=O) groups excluding carboxylic acids is 1. The van der Waals surface area contributed by atoms with E-state index < -0.39 is 0 Å². The maximum absolute atomic E-state index is 11.0. The summed E-state index contributed by atoms with van der Waals surface area (Å²) in [6.45, 7) is 4.48. The average Bonchev–Trinajstić information content (AvgIpc) is 2.26. The van der Waals surface area contributed by atoms with Crippen molar-refractivity contribution in [3.63, 3.8) is 0 Å². The molecule has 1 fully saturated rings. The molecule has 3 heteroatoms. The number of hydrogen-bond donors (Lipinski definition) is 1. The highest BCUT2D eigenvalue weighted by Crippen LogP contribution is 2.12. The van der Waals surface area contributed by atoms with Gasteiger partial charge in [-0.25, -0.2) is 0 Å². The van der Waals surface area contributed by atoms with Gasteiger partial charge in [-0.05, 0) is 32.9 Å². The van der Waals surface area contributed by atoms with Crippen LogP contribution < -0.4 is 5.32 Å². The molecule has 1 N–H and O–H groups in total. The minimum absolute atomic E-state index is 0.0196. The van der Waals surface area contributed by atoms with Crippen molar-refractivity contribution in [2.24, 2.45) is 0 Å². The van der Waals surface area contributed by atoms with Crippen LogP contribution in [0.2, 0.25) is 0 Å². The minimum Gasteiger partial charge on any atom is -0.356 e. The minimum atomic E-state index is -0.0196. The first-order valence-electron chi connectivity index (χ1n) is 5.38. The Balaban J connectivity index is 2.35. The molecular weight excluding hydrogens is 176 g/mol. The molecule has 0 radical (unpaired) electrons. The molecule has 1 aliphatic rings. The number of nitrogens with one attached hydrogen (secondary N) is 1. The SMILES string of the molecule is CNC(=O)C=CC(C)N1CCCCC1. The largest absolute Gasteiger partial charge is 0.356 e. The molecule has 1 unspecified atom stereocenters. The second-order valence-corrected chi connectivity index (χ2v) is 3.81. The van der Waals surface area contributed by atoms with E-state index in [9.17, 15) is 4.79 Å². The lowest BCUT2D eigenvalue weighted by molar-refractivity contribution is -0.116. The van der Waals surface area contributed by atoms with Crippen LogP contribution in [0.1, 0.15) is 26.2 Å². The Morgan fingerprint density at radius 1 is 1.36 bits per heavy atom. The summed E-state index contributed by atoms with van der Waals surface area (Å²) in [5.41, 5.74) is 0. The third kappa shape index (κ3) is 3.50. The van der Waals surface area contributed by atoms with Gasteiger partial charge in [-0.2, -0.15) is 0 Å². The summed E-state index contributed by atoms with van der Waals surface area (Å²) in [6.07, 6.45) is 7.53. The van der Waals surface area contributed by atoms with Gasteiger partial charge in [-0.1, -0.05) is 12.5 Å². The molecule has 1 aliphatic heterocycles. The van der Waals surface area contributed by atoms with Gasteiger partial charge in [-0.3, -0.25) is 9.69 Å². The van der Waals surface area contributed by atoms with Crippen LogP contribution in [0.15, 0.2) is 12.2 Å². The fraction of sp³-hybridized carbons (Fsp3) is 0.727. The van der Waals surface area contributed by atoms with Gasteiger partial charge in [0.15, 0.2) is 0 Å². The first-order valence-corrected chi connectivity index (χ1v) is 5.38. The van der Waals surface area contributed by atoms with Gasteiger partial charge < -0.3 is 5.32 Å². The quantitative estimate of drug-likeness (QED) is 0.687. The first kappa shape index (κ1) is 11.2. The molecule has 1 atom stereocenters. The lowest BCUT2D eigenvalue weighted by Crippen LogP contribution is -2.36. The van der Waals surface area contributed by atoms with E-state index >= 15 is 0 Å². The molecule has 0 aromatic carbocycles. The molecule has 1 heterocycles. The second-order valence-electron chi connectivity index (χ2n) is 3.81. The molecule has 0 saturated carbocycles. The maximum atomic E-state index is 11.0. The number of likely N-dealkylation sites (tertiary alicyclic amines) is 1. The summed E-state index contributed by atoms with van der Waals surface area (Å²) < 4.78 is 0. The maximum Gasteiger partial charge on any atom is 0.243 e. The van der Waals surface area contributed by atoms with Crippen molar-refractivity contribution in [1.82, 2.24) is 10.2 Å². The van der Waals surface area contributed by atoms with Crippen LogP contribution in [0.5, 0.6) is 0 Å². The van der Waals surface area contributed by atoms with Crippen LogP contribution in [-0.4, -0.2) is 37.0 Å². The van der Waals surface area contributed by atoms with Crippen LogP contribution in [0.25, 0.3) is 0 Å².